The van der Waals surface area contributed by atoms with Gasteiger partial charge in [-0.05, 0) is 6.42 Å². The highest BCUT2D eigenvalue weighted by molar-refractivity contribution is 7.99. The van der Waals surface area contributed by atoms with Gasteiger partial charge < -0.3 is 14.4 Å². The largest absolute Gasteiger partial charge is 0.355 e. The van der Waals surface area contributed by atoms with Gasteiger partial charge in [-0.1, -0.05) is 0 Å². The number of hydrogen-bond acceptors (Lipinski definition) is 6. The fourth-order valence-electron chi connectivity index (χ4n) is 3.44. The van der Waals surface area contributed by atoms with Crippen LogP contribution in [0.1, 0.15) is 11.3 Å². The Hall–Kier alpha value is -2.09. The quantitative estimate of drug-likeness (QED) is 0.811. The second-order valence-electron chi connectivity index (χ2n) is 6.34. The maximum absolute atomic E-state index is 12.6. The minimum Gasteiger partial charge on any atom is -0.355 e. The molecule has 0 spiro atoms. The van der Waals surface area contributed by atoms with E-state index >= 15 is 0 Å². The van der Waals surface area contributed by atoms with Crippen LogP contribution in [0.15, 0.2) is 25.0 Å². The molecule has 2 aromatic heterocycles. The van der Waals surface area contributed by atoms with Crippen LogP contribution in [0.3, 0.4) is 0 Å². The first kappa shape index (κ1) is 16.4. The van der Waals surface area contributed by atoms with Gasteiger partial charge in [0.15, 0.2) is 0 Å². The number of carbonyl (C=O) groups excluding carboxylic acids is 1. The normalized spacial score (nSPS) is 17.9. The molecule has 4 heterocycles. The molecule has 0 radical (unpaired) electrons. The van der Waals surface area contributed by atoms with Crippen LogP contribution in [0, 0.1) is 0 Å². The first-order valence-electron chi connectivity index (χ1n) is 8.70. The first-order valence-corrected chi connectivity index (χ1v) is 9.85. The highest BCUT2D eigenvalue weighted by atomic mass is 32.2. The molecule has 0 saturated carbocycles. The van der Waals surface area contributed by atoms with E-state index in [1.807, 2.05) is 27.4 Å². The molecule has 7 nitrogen and oxygen atoms in total. The van der Waals surface area contributed by atoms with Crippen molar-refractivity contribution in [1.29, 1.82) is 0 Å². The molecule has 1 amide bonds. The summed E-state index contributed by atoms with van der Waals surface area (Å²) in [5, 5.41) is 0. The summed E-state index contributed by atoms with van der Waals surface area (Å²) in [6.07, 6.45) is 8.50. The van der Waals surface area contributed by atoms with E-state index in [0.717, 1.165) is 55.5 Å². The second kappa shape index (κ2) is 7.43. The molecule has 8 heteroatoms. The summed E-state index contributed by atoms with van der Waals surface area (Å²) in [4.78, 5) is 30.0. The van der Waals surface area contributed by atoms with E-state index in [2.05, 4.69) is 19.9 Å². The smallest absolute Gasteiger partial charge is 0.242 e. The van der Waals surface area contributed by atoms with Crippen LogP contribution in [-0.4, -0.2) is 68.0 Å². The second-order valence-corrected chi connectivity index (χ2v) is 7.56. The Morgan fingerprint density at radius 3 is 2.76 bits per heavy atom. The van der Waals surface area contributed by atoms with E-state index in [1.165, 1.54) is 5.56 Å². The van der Waals surface area contributed by atoms with E-state index in [1.54, 1.807) is 18.9 Å². The molecule has 25 heavy (non-hydrogen) atoms. The average molecular weight is 358 g/mol. The molecular weight excluding hydrogens is 336 g/mol. The van der Waals surface area contributed by atoms with Gasteiger partial charge >= 0.3 is 0 Å². The van der Waals surface area contributed by atoms with Crippen LogP contribution in [0.5, 0.6) is 0 Å². The van der Waals surface area contributed by atoms with Gasteiger partial charge in [-0.15, -0.1) is 0 Å². The van der Waals surface area contributed by atoms with Gasteiger partial charge in [-0.25, -0.2) is 15.0 Å². The lowest BCUT2D eigenvalue weighted by molar-refractivity contribution is -0.131. The highest BCUT2D eigenvalue weighted by Crippen LogP contribution is 2.26. The SMILES string of the molecule is O=C(Cn1ccnc1)N1CCc2ncnc(N3CCSCC3)c2CC1. The number of nitrogens with zero attached hydrogens (tertiary/aromatic N) is 6. The third-order valence-corrected chi connectivity index (χ3v) is 5.74. The lowest BCUT2D eigenvalue weighted by Gasteiger charge is -2.29. The Morgan fingerprint density at radius 1 is 1.12 bits per heavy atom. The summed E-state index contributed by atoms with van der Waals surface area (Å²) >= 11 is 2.00. The minimum atomic E-state index is 0.134. The molecule has 0 aliphatic carbocycles. The van der Waals surface area contributed by atoms with Crippen molar-refractivity contribution in [3.8, 4) is 0 Å². The van der Waals surface area contributed by atoms with Crippen molar-refractivity contribution < 1.29 is 4.79 Å². The van der Waals surface area contributed by atoms with E-state index in [4.69, 9.17) is 0 Å². The van der Waals surface area contributed by atoms with E-state index in [0.29, 0.717) is 13.1 Å². The third kappa shape index (κ3) is 3.63. The van der Waals surface area contributed by atoms with Crippen LogP contribution in [-0.2, 0) is 24.2 Å². The third-order valence-electron chi connectivity index (χ3n) is 4.80. The molecule has 0 atom stereocenters. The topological polar surface area (TPSA) is 67.2 Å². The number of amides is 1. The predicted molar refractivity (Wildman–Crippen MR) is 97.8 cm³/mol. The van der Waals surface area contributed by atoms with E-state index < -0.39 is 0 Å². The van der Waals surface area contributed by atoms with E-state index in [-0.39, 0.29) is 5.91 Å². The van der Waals surface area contributed by atoms with Gasteiger partial charge in [0, 0.05) is 62.1 Å². The standard InChI is InChI=1S/C17H22N6OS/c24-16(11-21-6-3-18-13-21)22-4-1-14-15(2-5-22)19-12-20-17(14)23-7-9-25-10-8-23/h3,6,12-13H,1-2,4-5,7-11H2. The van der Waals surface area contributed by atoms with Crippen LogP contribution in [0.25, 0.3) is 0 Å². The summed E-state index contributed by atoms with van der Waals surface area (Å²) < 4.78 is 1.82. The number of imidazole rings is 1. The van der Waals surface area contributed by atoms with Gasteiger partial charge in [-0.3, -0.25) is 4.79 Å². The number of carbonyl (C=O) groups is 1. The Morgan fingerprint density at radius 2 is 1.96 bits per heavy atom. The summed E-state index contributed by atoms with van der Waals surface area (Å²) in [5.74, 6) is 3.51. The molecular formula is C17H22N6OS. The fraction of sp³-hybridized carbons (Fsp3) is 0.529. The van der Waals surface area contributed by atoms with Crippen LogP contribution < -0.4 is 4.90 Å². The van der Waals surface area contributed by atoms with Gasteiger partial charge in [0.05, 0.1) is 12.0 Å². The Kier molecular flexibility index (Phi) is 4.87. The van der Waals surface area contributed by atoms with Gasteiger partial charge in [-0.2, -0.15) is 11.8 Å². The Bertz CT molecular complexity index is 729. The van der Waals surface area contributed by atoms with Gasteiger partial charge in [0.2, 0.25) is 5.91 Å². The molecule has 1 fully saturated rings. The molecule has 0 aromatic carbocycles. The van der Waals surface area contributed by atoms with Gasteiger partial charge in [0.25, 0.3) is 0 Å². The number of hydrogen-bond donors (Lipinski definition) is 0. The summed E-state index contributed by atoms with van der Waals surface area (Å²) in [6.45, 7) is 3.86. The van der Waals surface area contributed by atoms with Crippen molar-refractivity contribution in [2.24, 2.45) is 0 Å². The van der Waals surface area contributed by atoms with Crippen molar-refractivity contribution in [3.63, 3.8) is 0 Å². The zero-order chi connectivity index (χ0) is 17.1. The van der Waals surface area contributed by atoms with Crippen molar-refractivity contribution in [3.05, 3.63) is 36.3 Å². The summed E-state index contributed by atoms with van der Waals surface area (Å²) in [6, 6.07) is 0. The molecule has 0 N–H and O–H groups in total. The van der Waals surface area contributed by atoms with Crippen LogP contribution in [0.2, 0.25) is 0 Å². The summed E-state index contributed by atoms with van der Waals surface area (Å²) in [7, 11) is 0. The number of aromatic nitrogens is 4. The van der Waals surface area contributed by atoms with Crippen molar-refractivity contribution in [2.75, 3.05) is 42.6 Å². The highest BCUT2D eigenvalue weighted by Gasteiger charge is 2.24. The number of fused-ring (bicyclic) bond motifs is 1. The zero-order valence-corrected chi connectivity index (χ0v) is 15.0. The molecule has 2 aliphatic rings. The van der Waals surface area contributed by atoms with Gasteiger partial charge in [0.1, 0.15) is 18.7 Å². The first-order chi connectivity index (χ1) is 12.3. The minimum absolute atomic E-state index is 0.134. The molecule has 0 unspecified atom stereocenters. The lowest BCUT2D eigenvalue weighted by atomic mass is 10.1. The Balaban J connectivity index is 1.48. The monoisotopic (exact) mass is 358 g/mol. The van der Waals surface area contributed by atoms with Crippen LogP contribution in [0.4, 0.5) is 5.82 Å². The number of rotatable bonds is 3. The zero-order valence-electron chi connectivity index (χ0n) is 14.2. The molecule has 132 valence electrons. The average Bonchev–Trinajstić information content (AvgIpc) is 3.05. The molecule has 2 aliphatic heterocycles. The molecule has 0 bridgehead atoms. The van der Waals surface area contributed by atoms with Crippen molar-refractivity contribution in [1.82, 2.24) is 24.4 Å². The fourth-order valence-corrected chi connectivity index (χ4v) is 4.35. The lowest BCUT2D eigenvalue weighted by Crippen LogP contribution is -2.36. The molecule has 4 rings (SSSR count). The Labute approximate surface area is 151 Å². The summed E-state index contributed by atoms with van der Waals surface area (Å²) in [5.41, 5.74) is 2.33. The van der Waals surface area contributed by atoms with Crippen LogP contribution >= 0.6 is 11.8 Å². The molecule has 1 saturated heterocycles. The molecule has 2 aromatic rings. The van der Waals surface area contributed by atoms with Crippen molar-refractivity contribution >= 4 is 23.5 Å². The number of thioether (sulfide) groups is 1. The van der Waals surface area contributed by atoms with E-state index in [9.17, 15) is 4.79 Å². The van der Waals surface area contributed by atoms with Crippen molar-refractivity contribution in [2.45, 2.75) is 19.4 Å². The number of anilines is 1. The maximum atomic E-state index is 12.6. The predicted octanol–water partition coefficient (Wildman–Crippen LogP) is 0.854. The maximum Gasteiger partial charge on any atom is 0.242 e.